The molecule has 2 aromatic carbocycles. The second kappa shape index (κ2) is 8.01. The van der Waals surface area contributed by atoms with Crippen LogP contribution in [0.1, 0.15) is 28.8 Å². The molecule has 6 rings (SSSR count). The second-order valence-corrected chi connectivity index (χ2v) is 9.57. The molecule has 0 N–H and O–H groups in total. The van der Waals surface area contributed by atoms with Crippen LogP contribution in [0.5, 0.6) is 0 Å². The minimum Gasteiger partial charge on any atom is -0.335 e. The van der Waals surface area contributed by atoms with Crippen molar-refractivity contribution >= 4 is 34.7 Å². The molecule has 8 nitrogen and oxygen atoms in total. The molecule has 35 heavy (non-hydrogen) atoms. The molecular formula is C27H23N3O5. The molecule has 1 saturated carbocycles. The van der Waals surface area contributed by atoms with Gasteiger partial charge in [0.15, 0.2) is 0 Å². The van der Waals surface area contributed by atoms with Gasteiger partial charge in [-0.25, -0.2) is 4.90 Å². The van der Waals surface area contributed by atoms with Crippen molar-refractivity contribution in [3.8, 4) is 0 Å². The van der Waals surface area contributed by atoms with Crippen LogP contribution in [0.25, 0.3) is 5.57 Å². The fourth-order valence-corrected chi connectivity index (χ4v) is 6.08. The fourth-order valence-electron chi connectivity index (χ4n) is 6.08. The van der Waals surface area contributed by atoms with Crippen LogP contribution >= 0.6 is 0 Å². The standard InChI is InChI=1S/C27H23N3O5/c31-25(28-12-10-17(11-13-28)16-4-2-1-3-5-16)20-8-9-21(22(15-20)30(34)35)29-26(32)23-18-6-7-19(14-18)24(23)27(29)33/h1-10,15,18-19,23-24H,11-14H2. The third-order valence-corrected chi connectivity index (χ3v) is 7.77. The highest BCUT2D eigenvalue weighted by molar-refractivity contribution is 6.23. The number of fused-ring (bicyclic) bond motifs is 5. The lowest BCUT2D eigenvalue weighted by Gasteiger charge is -2.27. The molecule has 3 amide bonds. The predicted octanol–water partition coefficient (Wildman–Crippen LogP) is 3.84. The van der Waals surface area contributed by atoms with Crippen LogP contribution in [0.3, 0.4) is 0 Å². The Bertz CT molecular complexity index is 1300. The summed E-state index contributed by atoms with van der Waals surface area (Å²) in [5.41, 5.74) is 1.98. The summed E-state index contributed by atoms with van der Waals surface area (Å²) < 4.78 is 0. The van der Waals surface area contributed by atoms with Gasteiger partial charge in [0.2, 0.25) is 11.8 Å². The van der Waals surface area contributed by atoms with E-state index < -0.39 is 22.4 Å². The number of imide groups is 1. The average molecular weight is 469 g/mol. The summed E-state index contributed by atoms with van der Waals surface area (Å²) >= 11 is 0. The largest absolute Gasteiger partial charge is 0.335 e. The predicted molar refractivity (Wildman–Crippen MR) is 128 cm³/mol. The zero-order valence-electron chi connectivity index (χ0n) is 18.9. The van der Waals surface area contributed by atoms with Crippen LogP contribution in [0.15, 0.2) is 66.8 Å². The molecule has 2 aliphatic carbocycles. The van der Waals surface area contributed by atoms with Gasteiger partial charge < -0.3 is 4.90 Å². The first-order valence-corrected chi connectivity index (χ1v) is 11.8. The highest BCUT2D eigenvalue weighted by atomic mass is 16.6. The Hall–Kier alpha value is -4.07. The molecule has 2 heterocycles. The normalized spacial score (nSPS) is 26.8. The van der Waals surface area contributed by atoms with Crippen molar-refractivity contribution in [2.75, 3.05) is 18.0 Å². The first-order valence-electron chi connectivity index (χ1n) is 11.8. The minimum absolute atomic E-state index is 0.0132. The Kier molecular flexibility index (Phi) is 4.91. The summed E-state index contributed by atoms with van der Waals surface area (Å²) in [6.07, 6.45) is 7.43. The van der Waals surface area contributed by atoms with E-state index in [1.807, 2.05) is 48.6 Å². The van der Waals surface area contributed by atoms with E-state index in [0.29, 0.717) is 19.5 Å². The molecular weight excluding hydrogens is 446 g/mol. The molecule has 176 valence electrons. The van der Waals surface area contributed by atoms with E-state index in [-0.39, 0.29) is 40.8 Å². The number of rotatable bonds is 4. The van der Waals surface area contributed by atoms with E-state index >= 15 is 0 Å². The maximum absolute atomic E-state index is 13.2. The van der Waals surface area contributed by atoms with Crippen molar-refractivity contribution in [3.05, 3.63) is 88.0 Å². The van der Waals surface area contributed by atoms with Gasteiger partial charge in [0, 0.05) is 24.7 Å². The van der Waals surface area contributed by atoms with Crippen molar-refractivity contribution < 1.29 is 19.3 Å². The van der Waals surface area contributed by atoms with E-state index in [0.717, 1.165) is 22.5 Å². The number of amides is 3. The Morgan fingerprint density at radius 3 is 2.26 bits per heavy atom. The summed E-state index contributed by atoms with van der Waals surface area (Å²) in [5.74, 6) is -1.95. The smallest absolute Gasteiger partial charge is 0.294 e. The van der Waals surface area contributed by atoms with Gasteiger partial charge in [0.25, 0.3) is 11.6 Å². The SMILES string of the molecule is O=C(c1ccc(N2C(=O)C3C4C=CC(C4)C3C2=O)c([N+](=O)[O-])c1)N1CC=C(c2ccccc2)CC1. The number of benzene rings is 2. The van der Waals surface area contributed by atoms with Gasteiger partial charge in [0.1, 0.15) is 5.69 Å². The van der Waals surface area contributed by atoms with Crippen LogP contribution in [0.2, 0.25) is 0 Å². The fraction of sp³-hybridized carbons (Fsp3) is 0.296. The first kappa shape index (κ1) is 21.5. The van der Waals surface area contributed by atoms with Gasteiger partial charge in [-0.1, -0.05) is 48.6 Å². The summed E-state index contributed by atoms with van der Waals surface area (Å²) in [5, 5.41) is 11.9. The number of carbonyl (C=O) groups is 3. The van der Waals surface area contributed by atoms with Gasteiger partial charge in [-0.15, -0.1) is 0 Å². The van der Waals surface area contributed by atoms with Crippen molar-refractivity contribution in [1.82, 2.24) is 4.90 Å². The number of nitrogens with zero attached hydrogens (tertiary/aromatic N) is 3. The molecule has 4 unspecified atom stereocenters. The molecule has 0 aromatic heterocycles. The third-order valence-electron chi connectivity index (χ3n) is 7.77. The summed E-state index contributed by atoms with van der Waals surface area (Å²) in [7, 11) is 0. The molecule has 4 aliphatic rings. The second-order valence-electron chi connectivity index (χ2n) is 9.57. The lowest BCUT2D eigenvalue weighted by atomic mass is 9.85. The van der Waals surface area contributed by atoms with E-state index in [9.17, 15) is 24.5 Å². The summed E-state index contributed by atoms with van der Waals surface area (Å²) in [6.45, 7) is 0.901. The Morgan fingerprint density at radius 1 is 0.971 bits per heavy atom. The van der Waals surface area contributed by atoms with E-state index in [2.05, 4.69) is 0 Å². The van der Waals surface area contributed by atoms with Crippen LogP contribution in [-0.4, -0.2) is 40.6 Å². The van der Waals surface area contributed by atoms with Crippen LogP contribution in [-0.2, 0) is 9.59 Å². The third kappa shape index (κ3) is 3.31. The number of hydrogen-bond donors (Lipinski definition) is 0. The minimum atomic E-state index is -0.628. The van der Waals surface area contributed by atoms with Gasteiger partial charge in [-0.05, 0) is 47.9 Å². The number of hydrogen-bond acceptors (Lipinski definition) is 5. The number of carbonyl (C=O) groups excluding carboxylic acids is 3. The number of allylic oxidation sites excluding steroid dienone is 2. The summed E-state index contributed by atoms with van der Waals surface area (Å²) in [4.78, 5) is 53.4. The van der Waals surface area contributed by atoms with E-state index in [1.54, 1.807) is 4.90 Å². The lowest BCUT2D eigenvalue weighted by molar-refractivity contribution is -0.384. The Labute approximate surface area is 201 Å². The zero-order valence-corrected chi connectivity index (χ0v) is 18.9. The van der Waals surface area contributed by atoms with Gasteiger partial charge in [-0.3, -0.25) is 24.5 Å². The molecule has 2 fully saturated rings. The van der Waals surface area contributed by atoms with Crippen molar-refractivity contribution in [2.24, 2.45) is 23.7 Å². The molecule has 8 heteroatoms. The average Bonchev–Trinajstić information content (AvgIpc) is 3.57. The monoisotopic (exact) mass is 469 g/mol. The quantitative estimate of drug-likeness (QED) is 0.293. The molecule has 0 radical (unpaired) electrons. The molecule has 1 saturated heterocycles. The maximum atomic E-state index is 13.2. The van der Waals surface area contributed by atoms with Crippen molar-refractivity contribution in [1.29, 1.82) is 0 Å². The lowest BCUT2D eigenvalue weighted by Crippen LogP contribution is -2.35. The highest BCUT2D eigenvalue weighted by Gasteiger charge is 2.60. The molecule has 2 aromatic rings. The summed E-state index contributed by atoms with van der Waals surface area (Å²) in [6, 6.07) is 14.0. The Morgan fingerprint density at radius 2 is 1.66 bits per heavy atom. The number of anilines is 1. The van der Waals surface area contributed by atoms with Crippen molar-refractivity contribution in [2.45, 2.75) is 12.8 Å². The van der Waals surface area contributed by atoms with E-state index in [4.69, 9.17) is 0 Å². The van der Waals surface area contributed by atoms with Crippen LogP contribution in [0, 0.1) is 33.8 Å². The van der Waals surface area contributed by atoms with E-state index in [1.165, 1.54) is 18.2 Å². The highest BCUT2D eigenvalue weighted by Crippen LogP contribution is 2.53. The first-order chi connectivity index (χ1) is 16.9. The Balaban J connectivity index is 1.26. The topological polar surface area (TPSA) is 101 Å². The van der Waals surface area contributed by atoms with Crippen LogP contribution in [0.4, 0.5) is 11.4 Å². The molecule has 2 aliphatic heterocycles. The maximum Gasteiger partial charge on any atom is 0.294 e. The van der Waals surface area contributed by atoms with Gasteiger partial charge in [-0.2, -0.15) is 0 Å². The van der Waals surface area contributed by atoms with Crippen molar-refractivity contribution in [3.63, 3.8) is 0 Å². The van der Waals surface area contributed by atoms with Crippen LogP contribution < -0.4 is 4.90 Å². The zero-order chi connectivity index (χ0) is 24.3. The van der Waals surface area contributed by atoms with Gasteiger partial charge >= 0.3 is 0 Å². The molecule has 2 bridgehead atoms. The number of nitro groups is 1. The van der Waals surface area contributed by atoms with Gasteiger partial charge in [0.05, 0.1) is 16.8 Å². The molecule has 0 spiro atoms. The number of nitro benzene ring substituents is 1. The molecule has 4 atom stereocenters.